The first kappa shape index (κ1) is 24.0. The minimum atomic E-state index is -1.76. The lowest BCUT2D eigenvalue weighted by molar-refractivity contribution is -0.143. The summed E-state index contributed by atoms with van der Waals surface area (Å²) in [5, 5.41) is 5.10. The van der Waals surface area contributed by atoms with Gasteiger partial charge in [0.15, 0.2) is 0 Å². The van der Waals surface area contributed by atoms with E-state index in [0.717, 1.165) is 34.6 Å². The van der Waals surface area contributed by atoms with Crippen LogP contribution in [0.1, 0.15) is 47.1 Å². The highest BCUT2D eigenvalue weighted by atomic mass is 28.3. The molecule has 166 valence electrons. The molecule has 1 atom stereocenters. The molecule has 0 saturated heterocycles. The van der Waals surface area contributed by atoms with Crippen molar-refractivity contribution < 1.29 is 19.1 Å². The molecule has 0 bridgehead atoms. The molecule has 1 aromatic heterocycles. The summed E-state index contributed by atoms with van der Waals surface area (Å²) < 4.78 is 10.4. The van der Waals surface area contributed by atoms with Crippen molar-refractivity contribution in [1.82, 2.24) is 10.3 Å². The zero-order valence-electron chi connectivity index (χ0n) is 19.3. The maximum Gasteiger partial charge on any atom is 0.408 e. The fourth-order valence-electron chi connectivity index (χ4n) is 4.13. The minimum absolute atomic E-state index is 0.361. The Kier molecular flexibility index (Phi) is 7.74. The molecule has 2 N–H and O–H groups in total. The second-order valence-electron chi connectivity index (χ2n) is 8.79. The van der Waals surface area contributed by atoms with E-state index in [0.29, 0.717) is 6.42 Å². The van der Waals surface area contributed by atoms with Crippen LogP contribution in [0.4, 0.5) is 4.79 Å². The monoisotopic (exact) mass is 432 g/mol. The fraction of sp³-hybridized carbons (Fsp3) is 0.565. The summed E-state index contributed by atoms with van der Waals surface area (Å²) in [4.78, 5) is 28.6. The molecule has 2 rings (SSSR count). The molecule has 0 aliphatic carbocycles. The summed E-state index contributed by atoms with van der Waals surface area (Å²) in [5.41, 5.74) is 1.52. The Labute approximate surface area is 180 Å². The molecule has 6 nitrogen and oxygen atoms in total. The molecule has 1 aromatic carbocycles. The summed E-state index contributed by atoms with van der Waals surface area (Å²) in [6.45, 7) is 12.1. The van der Waals surface area contributed by atoms with E-state index in [1.165, 1.54) is 12.4 Å². The molecule has 7 heteroatoms. The molecule has 1 heterocycles. The predicted octanol–water partition coefficient (Wildman–Crippen LogP) is 4.49. The molecule has 0 unspecified atom stereocenters. The Morgan fingerprint density at radius 3 is 2.23 bits per heavy atom. The number of alkyl carbamates (subject to hydrolysis) is 1. The first-order valence-corrected chi connectivity index (χ1v) is 13.4. The number of hydrogen-bond donors (Lipinski definition) is 2. The van der Waals surface area contributed by atoms with Crippen molar-refractivity contribution in [3.05, 3.63) is 29.8 Å². The average molecular weight is 433 g/mol. The third-order valence-corrected chi connectivity index (χ3v) is 11.5. The molecular formula is C23H36N2O4Si. The van der Waals surface area contributed by atoms with Gasteiger partial charge in [0.2, 0.25) is 0 Å². The number of para-hydroxylation sites is 1. The van der Waals surface area contributed by atoms with Gasteiger partial charge < -0.3 is 19.8 Å². The zero-order valence-corrected chi connectivity index (χ0v) is 20.3. The molecule has 0 aliphatic rings. The molecular weight excluding hydrogens is 396 g/mol. The molecule has 30 heavy (non-hydrogen) atoms. The minimum Gasteiger partial charge on any atom is -0.467 e. The lowest BCUT2D eigenvalue weighted by atomic mass is 10.0. The van der Waals surface area contributed by atoms with Gasteiger partial charge in [0.05, 0.1) is 7.11 Å². The number of rotatable bonds is 8. The second kappa shape index (κ2) is 9.68. The van der Waals surface area contributed by atoms with E-state index < -0.39 is 31.8 Å². The maximum absolute atomic E-state index is 12.6. The van der Waals surface area contributed by atoms with Gasteiger partial charge in [0, 0.05) is 22.6 Å². The number of methoxy groups -OCH3 is 1. The van der Waals surface area contributed by atoms with Crippen LogP contribution in [0.25, 0.3) is 10.9 Å². The van der Waals surface area contributed by atoms with Crippen LogP contribution in [-0.4, -0.2) is 43.9 Å². The van der Waals surface area contributed by atoms with Gasteiger partial charge in [-0.05, 0) is 32.4 Å². The van der Waals surface area contributed by atoms with Crippen LogP contribution in [-0.2, 0) is 20.7 Å². The lowest BCUT2D eigenvalue weighted by Gasteiger charge is -2.29. The van der Waals surface area contributed by atoms with Gasteiger partial charge in [0.1, 0.15) is 19.7 Å². The SMILES string of the molecule is CC[Si](CC)(CC)c1[nH]c2ccccc2c1C[C@H](NC(=O)OC(C)(C)C)C(=O)OC. The molecule has 0 fully saturated rings. The van der Waals surface area contributed by atoms with E-state index >= 15 is 0 Å². The van der Waals surface area contributed by atoms with Crippen molar-refractivity contribution in [1.29, 1.82) is 0 Å². The summed E-state index contributed by atoms with van der Waals surface area (Å²) in [6, 6.07) is 10.7. The van der Waals surface area contributed by atoms with E-state index in [9.17, 15) is 9.59 Å². The zero-order chi connectivity index (χ0) is 22.5. The third-order valence-electron chi connectivity index (χ3n) is 5.96. The normalized spacial score (nSPS) is 13.2. The summed E-state index contributed by atoms with van der Waals surface area (Å²) in [5.74, 6) is -0.478. The number of nitrogens with one attached hydrogen (secondary N) is 2. The van der Waals surface area contributed by atoms with Gasteiger partial charge in [0.25, 0.3) is 0 Å². The first-order valence-electron chi connectivity index (χ1n) is 10.8. The highest BCUT2D eigenvalue weighted by molar-refractivity contribution is 6.91. The number of carbonyl (C=O) groups is 2. The highest BCUT2D eigenvalue weighted by Crippen LogP contribution is 2.27. The topological polar surface area (TPSA) is 80.4 Å². The van der Waals surface area contributed by atoms with Crippen LogP contribution in [0.15, 0.2) is 24.3 Å². The number of amides is 1. The van der Waals surface area contributed by atoms with Crippen LogP contribution in [0.3, 0.4) is 0 Å². The van der Waals surface area contributed by atoms with E-state index in [2.05, 4.69) is 43.2 Å². The Morgan fingerprint density at radius 2 is 1.70 bits per heavy atom. The van der Waals surface area contributed by atoms with Crippen LogP contribution >= 0.6 is 0 Å². The van der Waals surface area contributed by atoms with Crippen LogP contribution in [0.2, 0.25) is 18.1 Å². The number of ether oxygens (including phenoxy) is 2. The Bertz CT molecular complexity index is 873. The molecule has 0 spiro atoms. The molecule has 1 amide bonds. The number of aromatic nitrogens is 1. The molecule has 0 aliphatic heterocycles. The third kappa shape index (κ3) is 5.25. The second-order valence-corrected chi connectivity index (χ2v) is 14.0. The number of carbonyl (C=O) groups excluding carboxylic acids is 2. The quantitative estimate of drug-likeness (QED) is 0.476. The van der Waals surface area contributed by atoms with Crippen molar-refractivity contribution in [2.45, 2.75) is 77.7 Å². The number of aromatic amines is 1. The smallest absolute Gasteiger partial charge is 0.408 e. The predicted molar refractivity (Wildman–Crippen MR) is 124 cm³/mol. The molecule has 2 aromatic rings. The number of fused-ring (bicyclic) bond motifs is 1. The van der Waals surface area contributed by atoms with Crippen molar-refractivity contribution in [3.8, 4) is 0 Å². The van der Waals surface area contributed by atoms with Crippen LogP contribution in [0.5, 0.6) is 0 Å². The molecule has 0 saturated carbocycles. The van der Waals surface area contributed by atoms with Gasteiger partial charge in [-0.15, -0.1) is 0 Å². The standard InChI is InChI=1S/C23H36N2O4Si/c1-8-30(9-2,10-3)20-17(16-13-11-12-14-18(16)24-20)15-19(21(26)28-7)25-22(27)29-23(4,5)6/h11-14,19,24H,8-10,15H2,1-7H3,(H,25,27)/t19-/m0/s1. The van der Waals surface area contributed by atoms with Gasteiger partial charge in [-0.3, -0.25) is 0 Å². The van der Waals surface area contributed by atoms with Crippen molar-refractivity contribution in [2.24, 2.45) is 0 Å². The van der Waals surface area contributed by atoms with Gasteiger partial charge >= 0.3 is 12.1 Å². The summed E-state index contributed by atoms with van der Waals surface area (Å²) >= 11 is 0. The van der Waals surface area contributed by atoms with Crippen LogP contribution < -0.4 is 10.6 Å². The van der Waals surface area contributed by atoms with Crippen LogP contribution in [0, 0.1) is 0 Å². The van der Waals surface area contributed by atoms with Gasteiger partial charge in [-0.2, -0.15) is 0 Å². The lowest BCUT2D eigenvalue weighted by Crippen LogP contribution is -2.50. The van der Waals surface area contributed by atoms with Crippen molar-refractivity contribution in [3.63, 3.8) is 0 Å². The Balaban J connectivity index is 2.51. The number of benzene rings is 1. The van der Waals surface area contributed by atoms with Gasteiger partial charge in [-0.25, -0.2) is 9.59 Å². The van der Waals surface area contributed by atoms with E-state index in [1.54, 1.807) is 20.8 Å². The number of esters is 1. The largest absolute Gasteiger partial charge is 0.467 e. The summed E-state index contributed by atoms with van der Waals surface area (Å²) in [7, 11) is -0.424. The maximum atomic E-state index is 12.6. The van der Waals surface area contributed by atoms with Crippen molar-refractivity contribution >= 4 is 36.4 Å². The average Bonchev–Trinajstić information content (AvgIpc) is 3.06. The Hall–Kier alpha value is -2.28. The Morgan fingerprint density at radius 1 is 1.10 bits per heavy atom. The number of H-pyrrole nitrogens is 1. The van der Waals surface area contributed by atoms with Crippen molar-refractivity contribution in [2.75, 3.05) is 7.11 Å². The fourth-order valence-corrected chi connectivity index (χ4v) is 7.97. The van der Waals surface area contributed by atoms with E-state index in [1.807, 2.05) is 12.1 Å². The van der Waals surface area contributed by atoms with E-state index in [-0.39, 0.29) is 0 Å². The first-order chi connectivity index (χ1) is 14.1. The number of hydrogen-bond acceptors (Lipinski definition) is 4. The highest BCUT2D eigenvalue weighted by Gasteiger charge is 2.36. The van der Waals surface area contributed by atoms with E-state index in [4.69, 9.17) is 9.47 Å². The summed E-state index contributed by atoms with van der Waals surface area (Å²) in [6.07, 6.45) is -0.260. The van der Waals surface area contributed by atoms with Gasteiger partial charge in [-0.1, -0.05) is 57.1 Å². The molecule has 0 radical (unpaired) electrons.